The molecule has 1 aliphatic heterocycles. The Morgan fingerprint density at radius 3 is 2.69 bits per heavy atom. The Labute approximate surface area is 176 Å². The van der Waals surface area contributed by atoms with Crippen LogP contribution in [0.5, 0.6) is 5.75 Å². The molecule has 0 amide bonds. The van der Waals surface area contributed by atoms with Crippen molar-refractivity contribution in [2.75, 3.05) is 31.6 Å². The molecule has 3 heterocycles. The fraction of sp³-hybridized carbons (Fsp3) is 0.304. The summed E-state index contributed by atoms with van der Waals surface area (Å²) in [4.78, 5) is 11.4. The van der Waals surface area contributed by atoms with E-state index in [1.807, 2.05) is 13.0 Å². The van der Waals surface area contributed by atoms with E-state index in [1.165, 1.54) is 11.1 Å². The minimum atomic E-state index is 0.612. The number of nitrogens with one attached hydrogen (secondary N) is 1. The molecule has 1 N–H and O–H groups in total. The quantitative estimate of drug-likeness (QED) is 0.565. The fourth-order valence-corrected chi connectivity index (χ4v) is 4.18. The van der Waals surface area contributed by atoms with Gasteiger partial charge >= 0.3 is 0 Å². The summed E-state index contributed by atoms with van der Waals surface area (Å²) in [5.41, 5.74) is 5.69. The van der Waals surface area contributed by atoms with Crippen molar-refractivity contribution in [3.05, 3.63) is 59.7 Å². The number of hydrogen-bond acceptors (Lipinski definition) is 6. The molecule has 4 rings (SSSR count). The first-order valence-electron chi connectivity index (χ1n) is 10.1. The van der Waals surface area contributed by atoms with E-state index in [-0.39, 0.29) is 0 Å². The molecule has 0 atom stereocenters. The van der Waals surface area contributed by atoms with Crippen LogP contribution < -0.4 is 10.1 Å². The van der Waals surface area contributed by atoms with Crippen molar-refractivity contribution < 1.29 is 4.74 Å². The van der Waals surface area contributed by atoms with Crippen LogP contribution in [-0.2, 0) is 0 Å². The third kappa shape index (κ3) is 4.66. The number of likely N-dealkylation sites (N-methyl/N-ethyl adjacent to an activating group) is 1. The Morgan fingerprint density at radius 2 is 1.97 bits per heavy atom. The van der Waals surface area contributed by atoms with E-state index in [4.69, 9.17) is 9.72 Å². The van der Waals surface area contributed by atoms with Gasteiger partial charge in [-0.1, -0.05) is 37.3 Å². The Kier molecular flexibility index (Phi) is 6.22. The second-order valence-corrected chi connectivity index (χ2v) is 7.78. The third-order valence-corrected chi connectivity index (χ3v) is 5.88. The average Bonchev–Trinajstić information content (AvgIpc) is 3.24. The number of anilines is 2. The van der Waals surface area contributed by atoms with Crippen LogP contribution in [0, 0.1) is 0 Å². The smallest absolute Gasteiger partial charge is 0.187 e. The largest absolute Gasteiger partial charge is 0.492 e. The van der Waals surface area contributed by atoms with Gasteiger partial charge in [-0.25, -0.2) is 4.98 Å². The highest BCUT2D eigenvalue weighted by molar-refractivity contribution is 7.14. The Morgan fingerprint density at radius 1 is 1.14 bits per heavy atom. The van der Waals surface area contributed by atoms with Crippen LogP contribution in [0.3, 0.4) is 0 Å². The number of ether oxygens (including phenoxy) is 1. The van der Waals surface area contributed by atoms with E-state index in [9.17, 15) is 0 Å². The maximum Gasteiger partial charge on any atom is 0.187 e. The molecule has 0 aliphatic carbocycles. The van der Waals surface area contributed by atoms with Crippen LogP contribution in [0.25, 0.3) is 16.8 Å². The number of hydrogen-bond donors (Lipinski definition) is 1. The van der Waals surface area contributed by atoms with Gasteiger partial charge in [-0.05, 0) is 31.0 Å². The summed E-state index contributed by atoms with van der Waals surface area (Å²) in [5.74, 6) is 0.783. The maximum absolute atomic E-state index is 5.65. The summed E-state index contributed by atoms with van der Waals surface area (Å²) in [6.45, 7) is 8.11. The van der Waals surface area contributed by atoms with Crippen molar-refractivity contribution in [2.45, 2.75) is 20.3 Å². The highest BCUT2D eigenvalue weighted by atomic mass is 32.1. The van der Waals surface area contributed by atoms with Gasteiger partial charge in [0.25, 0.3) is 0 Å². The van der Waals surface area contributed by atoms with Gasteiger partial charge in [0.2, 0.25) is 0 Å². The fourth-order valence-electron chi connectivity index (χ4n) is 3.45. The highest BCUT2D eigenvalue weighted by Crippen LogP contribution is 2.31. The summed E-state index contributed by atoms with van der Waals surface area (Å²) in [6, 6.07) is 10.6. The molecule has 0 saturated heterocycles. The van der Waals surface area contributed by atoms with E-state index in [0.29, 0.717) is 6.61 Å². The molecule has 150 valence electrons. The van der Waals surface area contributed by atoms with Gasteiger partial charge in [0.15, 0.2) is 5.13 Å². The van der Waals surface area contributed by atoms with Gasteiger partial charge < -0.3 is 10.1 Å². The lowest BCUT2D eigenvalue weighted by Crippen LogP contribution is -2.27. The van der Waals surface area contributed by atoms with Gasteiger partial charge in [-0.15, -0.1) is 11.3 Å². The second kappa shape index (κ2) is 9.20. The molecule has 1 aliphatic rings. The molecule has 0 unspecified atom stereocenters. The molecule has 0 saturated carbocycles. The minimum absolute atomic E-state index is 0.612. The van der Waals surface area contributed by atoms with Crippen molar-refractivity contribution >= 4 is 27.7 Å². The van der Waals surface area contributed by atoms with Crippen molar-refractivity contribution in [1.82, 2.24) is 14.9 Å². The first-order valence-corrected chi connectivity index (χ1v) is 11.0. The van der Waals surface area contributed by atoms with Crippen molar-refractivity contribution in [1.29, 1.82) is 0 Å². The van der Waals surface area contributed by atoms with E-state index < -0.39 is 0 Å². The molecule has 6 heteroatoms. The summed E-state index contributed by atoms with van der Waals surface area (Å²) in [6.07, 6.45) is 6.97. The first kappa shape index (κ1) is 19.6. The lowest BCUT2D eigenvalue weighted by Gasteiger charge is -2.24. The topological polar surface area (TPSA) is 50.3 Å². The molecule has 3 aromatic rings. The molecular weight excluding hydrogens is 380 g/mol. The molecule has 29 heavy (non-hydrogen) atoms. The standard InChI is InChI=1S/C23H26N4OS/c1-3-27-13-10-18(11-14-27)17-5-7-19(8-6-17)21-16-29-23(26-21)25-20-15-24-12-9-22(20)28-4-2/h5-10,12,15-16H,3-4,11,13-14H2,1-2H3,(H,25,26). The predicted octanol–water partition coefficient (Wildman–Crippen LogP) is 5.46. The molecule has 0 spiro atoms. The zero-order valence-corrected chi connectivity index (χ0v) is 17.7. The van der Waals surface area contributed by atoms with Crippen molar-refractivity contribution in [3.8, 4) is 17.0 Å². The van der Waals surface area contributed by atoms with Crippen LogP contribution in [0.15, 0.2) is 54.2 Å². The van der Waals surface area contributed by atoms with Gasteiger partial charge in [0.1, 0.15) is 11.4 Å². The number of rotatable bonds is 7. The summed E-state index contributed by atoms with van der Waals surface area (Å²) >= 11 is 1.58. The Hall–Kier alpha value is -2.70. The van der Waals surface area contributed by atoms with E-state index in [0.717, 1.165) is 53.9 Å². The van der Waals surface area contributed by atoms with Crippen LogP contribution >= 0.6 is 11.3 Å². The highest BCUT2D eigenvalue weighted by Gasteiger charge is 2.12. The number of benzene rings is 1. The van der Waals surface area contributed by atoms with Crippen LogP contribution in [0.1, 0.15) is 25.8 Å². The number of nitrogens with zero attached hydrogens (tertiary/aromatic N) is 3. The normalized spacial score (nSPS) is 14.5. The molecule has 0 fully saturated rings. The molecule has 2 aromatic heterocycles. The minimum Gasteiger partial charge on any atom is -0.492 e. The Balaban J connectivity index is 1.47. The molecule has 0 bridgehead atoms. The SMILES string of the molecule is CCOc1ccncc1Nc1nc(-c2ccc(C3=CCN(CC)CC3)cc2)cs1. The summed E-state index contributed by atoms with van der Waals surface area (Å²) in [7, 11) is 0. The predicted molar refractivity (Wildman–Crippen MR) is 121 cm³/mol. The lowest BCUT2D eigenvalue weighted by atomic mass is 9.98. The van der Waals surface area contributed by atoms with E-state index in [2.05, 4.69) is 57.8 Å². The molecule has 5 nitrogen and oxygen atoms in total. The van der Waals surface area contributed by atoms with Crippen molar-refractivity contribution in [3.63, 3.8) is 0 Å². The van der Waals surface area contributed by atoms with Crippen molar-refractivity contribution in [2.24, 2.45) is 0 Å². The van der Waals surface area contributed by atoms with Crippen LogP contribution in [0.2, 0.25) is 0 Å². The second-order valence-electron chi connectivity index (χ2n) is 6.92. The van der Waals surface area contributed by atoms with Gasteiger partial charge in [-0.3, -0.25) is 9.88 Å². The monoisotopic (exact) mass is 406 g/mol. The van der Waals surface area contributed by atoms with Gasteiger partial charge in [0.05, 0.1) is 18.5 Å². The molecular formula is C23H26N4OS. The van der Waals surface area contributed by atoms with E-state index in [1.54, 1.807) is 23.7 Å². The third-order valence-electron chi connectivity index (χ3n) is 5.12. The summed E-state index contributed by atoms with van der Waals surface area (Å²) < 4.78 is 5.65. The summed E-state index contributed by atoms with van der Waals surface area (Å²) in [5, 5.41) is 6.23. The zero-order valence-electron chi connectivity index (χ0n) is 16.9. The maximum atomic E-state index is 5.65. The van der Waals surface area contributed by atoms with Gasteiger partial charge in [-0.2, -0.15) is 0 Å². The lowest BCUT2D eigenvalue weighted by molar-refractivity contribution is 0.319. The van der Waals surface area contributed by atoms with Gasteiger partial charge in [0, 0.05) is 36.3 Å². The van der Waals surface area contributed by atoms with Crippen LogP contribution in [-0.4, -0.2) is 41.1 Å². The van der Waals surface area contributed by atoms with Crippen LogP contribution in [0.4, 0.5) is 10.8 Å². The number of thiazole rings is 1. The zero-order chi connectivity index (χ0) is 20.1. The average molecular weight is 407 g/mol. The Bertz CT molecular complexity index is 981. The molecule has 1 aromatic carbocycles. The van der Waals surface area contributed by atoms with E-state index >= 15 is 0 Å². The first-order chi connectivity index (χ1) is 14.3. The number of aromatic nitrogens is 2. The number of pyridine rings is 1. The molecule has 0 radical (unpaired) electrons.